The average Bonchev–Trinajstić information content (AvgIpc) is 3.18. The topological polar surface area (TPSA) is 113 Å². The molecule has 0 aromatic carbocycles. The van der Waals surface area contributed by atoms with Crippen molar-refractivity contribution >= 4 is 27.3 Å². The molecule has 0 radical (unpaired) electrons. The molecule has 3 N–H and O–H groups in total. The van der Waals surface area contributed by atoms with Gasteiger partial charge in [-0.3, -0.25) is 9.48 Å². The molecule has 0 spiro atoms. The summed E-state index contributed by atoms with van der Waals surface area (Å²) in [5.41, 5.74) is 0.754. The molecule has 1 unspecified atom stereocenters. The van der Waals surface area contributed by atoms with Gasteiger partial charge in [0.05, 0.1) is 28.1 Å². The van der Waals surface area contributed by atoms with E-state index in [0.29, 0.717) is 17.7 Å². The summed E-state index contributed by atoms with van der Waals surface area (Å²) in [6, 6.07) is 0.896. The number of hydrogen-bond donors (Lipinski definition) is 3. The van der Waals surface area contributed by atoms with Crippen molar-refractivity contribution in [2.45, 2.75) is 29.9 Å². The first-order valence-corrected chi connectivity index (χ1v) is 10.2. The number of hydrogen-bond acceptors (Lipinski definition) is 6. The lowest BCUT2D eigenvalue weighted by atomic mass is 9.76. The lowest BCUT2D eigenvalue weighted by Crippen LogP contribution is -2.41. The van der Waals surface area contributed by atoms with Crippen LogP contribution >= 0.6 is 11.3 Å². The van der Waals surface area contributed by atoms with E-state index in [-0.39, 0.29) is 16.7 Å². The summed E-state index contributed by atoms with van der Waals surface area (Å²) in [4.78, 5) is 12.0. The summed E-state index contributed by atoms with van der Waals surface area (Å²) < 4.78 is 29.8. The first kappa shape index (κ1) is 18.1. The molecule has 3 rings (SSSR count). The van der Waals surface area contributed by atoms with E-state index >= 15 is 0 Å². The van der Waals surface area contributed by atoms with Crippen LogP contribution in [0.4, 0.5) is 0 Å². The first-order valence-electron chi connectivity index (χ1n) is 7.79. The van der Waals surface area contributed by atoms with Crippen LogP contribution in [0.25, 0.3) is 0 Å². The third kappa shape index (κ3) is 3.76. The Morgan fingerprint density at radius 3 is 2.76 bits per heavy atom. The van der Waals surface area contributed by atoms with Gasteiger partial charge in [-0.1, -0.05) is 0 Å². The van der Waals surface area contributed by atoms with Crippen molar-refractivity contribution in [1.82, 2.24) is 19.8 Å². The van der Waals surface area contributed by atoms with Crippen LogP contribution in [0.2, 0.25) is 0 Å². The molecule has 0 saturated heterocycles. The Labute approximate surface area is 149 Å². The van der Waals surface area contributed by atoms with Crippen molar-refractivity contribution in [2.24, 2.45) is 13.0 Å². The fourth-order valence-corrected chi connectivity index (χ4v) is 5.39. The maximum atomic E-state index is 12.7. The number of aliphatic hydroxyl groups is 1. The highest BCUT2D eigenvalue weighted by Gasteiger charge is 2.38. The Morgan fingerprint density at radius 1 is 1.48 bits per heavy atom. The van der Waals surface area contributed by atoms with Gasteiger partial charge in [-0.05, 0) is 24.8 Å². The molecule has 1 saturated carbocycles. The van der Waals surface area contributed by atoms with Crippen LogP contribution in [-0.4, -0.2) is 42.4 Å². The molecule has 8 nitrogen and oxygen atoms in total. The summed E-state index contributed by atoms with van der Waals surface area (Å²) in [5, 5.41) is 17.6. The number of sulfonamides is 1. The van der Waals surface area contributed by atoms with Crippen LogP contribution in [0.5, 0.6) is 0 Å². The zero-order valence-corrected chi connectivity index (χ0v) is 15.5. The van der Waals surface area contributed by atoms with Crippen LogP contribution in [-0.2, 0) is 17.1 Å². The van der Waals surface area contributed by atoms with E-state index in [4.69, 9.17) is 0 Å². The Morgan fingerprint density at radius 2 is 2.20 bits per heavy atom. The monoisotopic (exact) mass is 384 g/mol. The summed E-state index contributed by atoms with van der Waals surface area (Å²) in [6.45, 7) is 0. The van der Waals surface area contributed by atoms with Crippen LogP contribution in [0.15, 0.2) is 28.7 Å². The summed E-state index contributed by atoms with van der Waals surface area (Å²) >= 11 is 1.08. The van der Waals surface area contributed by atoms with Gasteiger partial charge in [-0.25, -0.2) is 13.1 Å². The second-order valence-electron chi connectivity index (χ2n) is 6.16. The Balaban J connectivity index is 1.85. The molecule has 1 aliphatic rings. The summed E-state index contributed by atoms with van der Waals surface area (Å²) in [5.74, 6) is -0.316. The Bertz CT molecular complexity index is 868. The second kappa shape index (κ2) is 6.87. The molecule has 1 aliphatic carbocycles. The van der Waals surface area contributed by atoms with Gasteiger partial charge in [0.1, 0.15) is 0 Å². The molecule has 10 heteroatoms. The highest BCUT2D eigenvalue weighted by atomic mass is 32.2. The van der Waals surface area contributed by atoms with Gasteiger partial charge in [0, 0.05) is 31.2 Å². The number of aryl methyl sites for hydroxylation is 1. The number of thiophene rings is 1. The van der Waals surface area contributed by atoms with Crippen LogP contribution in [0, 0.1) is 5.92 Å². The van der Waals surface area contributed by atoms with E-state index in [1.54, 1.807) is 24.1 Å². The van der Waals surface area contributed by atoms with Crippen LogP contribution in [0.3, 0.4) is 0 Å². The van der Waals surface area contributed by atoms with Crippen molar-refractivity contribution in [3.63, 3.8) is 0 Å². The highest BCUT2D eigenvalue weighted by Crippen LogP contribution is 2.39. The lowest BCUT2D eigenvalue weighted by molar-refractivity contribution is 0.0280. The normalized spacial score (nSPS) is 21.6. The van der Waals surface area contributed by atoms with Crippen molar-refractivity contribution < 1.29 is 18.3 Å². The minimum Gasteiger partial charge on any atom is -0.393 e. The van der Waals surface area contributed by atoms with E-state index in [0.717, 1.165) is 16.9 Å². The van der Waals surface area contributed by atoms with Crippen molar-refractivity contribution in [1.29, 1.82) is 0 Å². The largest absolute Gasteiger partial charge is 0.393 e. The second-order valence-corrected chi connectivity index (χ2v) is 8.78. The maximum Gasteiger partial charge on any atom is 0.261 e. The molecule has 2 heterocycles. The van der Waals surface area contributed by atoms with Crippen LogP contribution in [0.1, 0.15) is 34.1 Å². The van der Waals surface area contributed by atoms with Gasteiger partial charge >= 0.3 is 0 Å². The number of nitrogens with one attached hydrogen (secondary N) is 2. The quantitative estimate of drug-likeness (QED) is 0.676. The predicted molar refractivity (Wildman–Crippen MR) is 92.7 cm³/mol. The smallest absolute Gasteiger partial charge is 0.261 e. The third-order valence-electron chi connectivity index (χ3n) is 4.32. The van der Waals surface area contributed by atoms with Gasteiger partial charge in [-0.2, -0.15) is 5.10 Å². The van der Waals surface area contributed by atoms with E-state index in [9.17, 15) is 18.3 Å². The Hall–Kier alpha value is -1.75. The number of aromatic nitrogens is 2. The van der Waals surface area contributed by atoms with Crippen LogP contribution < -0.4 is 10.0 Å². The molecule has 2 aromatic rings. The van der Waals surface area contributed by atoms with E-state index in [2.05, 4.69) is 15.1 Å². The van der Waals surface area contributed by atoms with Crippen molar-refractivity contribution in [3.8, 4) is 0 Å². The maximum absolute atomic E-state index is 12.7. The van der Waals surface area contributed by atoms with Crippen molar-refractivity contribution in [2.75, 3.05) is 7.05 Å². The van der Waals surface area contributed by atoms with E-state index in [1.807, 2.05) is 0 Å². The zero-order valence-electron chi connectivity index (χ0n) is 13.8. The van der Waals surface area contributed by atoms with E-state index < -0.39 is 22.2 Å². The molecular weight excluding hydrogens is 364 g/mol. The molecule has 1 fully saturated rings. The SMILES string of the molecule is CNC(=O)c1cc(S(=O)(=O)NC(c2cnn(C)c2)C2CC(O)C2)cs1. The number of aliphatic hydroxyl groups excluding tert-OH is 1. The summed E-state index contributed by atoms with van der Waals surface area (Å²) in [7, 11) is -0.538. The summed E-state index contributed by atoms with van der Waals surface area (Å²) in [6.07, 6.45) is 4.07. The number of amides is 1. The highest BCUT2D eigenvalue weighted by molar-refractivity contribution is 7.89. The number of carbonyl (C=O) groups is 1. The number of carbonyl (C=O) groups excluding carboxylic acids is 1. The van der Waals surface area contributed by atoms with Gasteiger partial charge in [0.25, 0.3) is 5.91 Å². The van der Waals surface area contributed by atoms with Gasteiger partial charge in [-0.15, -0.1) is 11.3 Å². The van der Waals surface area contributed by atoms with Gasteiger partial charge < -0.3 is 10.4 Å². The number of nitrogens with zero attached hydrogens (tertiary/aromatic N) is 2. The fraction of sp³-hybridized carbons (Fsp3) is 0.467. The minimum absolute atomic E-state index is 0.00558. The van der Waals surface area contributed by atoms with Crippen molar-refractivity contribution in [3.05, 3.63) is 34.3 Å². The molecule has 25 heavy (non-hydrogen) atoms. The number of rotatable bonds is 6. The molecule has 0 bridgehead atoms. The fourth-order valence-electron chi connectivity index (χ4n) is 2.88. The van der Waals surface area contributed by atoms with Gasteiger partial charge in [0.15, 0.2) is 0 Å². The molecule has 1 atom stereocenters. The van der Waals surface area contributed by atoms with Gasteiger partial charge in [0.2, 0.25) is 10.0 Å². The molecule has 2 aromatic heterocycles. The third-order valence-corrected chi connectivity index (χ3v) is 6.82. The molecule has 1 amide bonds. The Kier molecular flexibility index (Phi) is 4.96. The molecule has 0 aliphatic heterocycles. The van der Waals surface area contributed by atoms with E-state index in [1.165, 1.54) is 18.5 Å². The molecular formula is C15H20N4O4S2. The standard InChI is InChI=1S/C15H20N4O4S2/c1-16-15(21)13-5-12(8-24-13)25(22,23)18-14(9-3-11(20)4-9)10-6-17-19(2)7-10/h5-9,11,14,18,20H,3-4H2,1-2H3,(H,16,21). The average molecular weight is 384 g/mol. The minimum atomic E-state index is -3.80. The molecule has 136 valence electrons. The lowest BCUT2D eigenvalue weighted by Gasteiger charge is -2.37. The predicted octanol–water partition coefficient (Wildman–Crippen LogP) is 0.632. The first-order chi connectivity index (χ1) is 11.8. The zero-order chi connectivity index (χ0) is 18.2.